The van der Waals surface area contributed by atoms with Crippen LogP contribution in [0, 0.1) is 5.41 Å². The van der Waals surface area contributed by atoms with Gasteiger partial charge in [0.1, 0.15) is 5.75 Å². The first-order valence-corrected chi connectivity index (χ1v) is 7.22. The standard InChI is InChI=1S/C16H26N2O.ClH/c1-4-19-15-7-5-14(6-8-15)11-18(3)13-16(2)9-10-17-12-16;/h5-8,17H,4,9-13H2,1-3H3;1H. The van der Waals surface area contributed by atoms with E-state index in [-0.39, 0.29) is 12.4 Å². The number of benzene rings is 1. The second kappa shape index (κ2) is 7.87. The lowest BCUT2D eigenvalue weighted by Gasteiger charge is -2.29. The van der Waals surface area contributed by atoms with Crippen LogP contribution in [0.3, 0.4) is 0 Å². The van der Waals surface area contributed by atoms with Gasteiger partial charge in [-0.15, -0.1) is 12.4 Å². The monoisotopic (exact) mass is 298 g/mol. The molecule has 1 unspecified atom stereocenters. The van der Waals surface area contributed by atoms with E-state index in [4.69, 9.17) is 4.74 Å². The van der Waals surface area contributed by atoms with Crippen molar-refractivity contribution >= 4 is 12.4 Å². The van der Waals surface area contributed by atoms with Crippen LogP contribution in [-0.2, 0) is 6.54 Å². The van der Waals surface area contributed by atoms with Gasteiger partial charge < -0.3 is 15.0 Å². The molecule has 0 saturated carbocycles. The minimum atomic E-state index is 0. The van der Waals surface area contributed by atoms with Gasteiger partial charge in [0.25, 0.3) is 0 Å². The van der Waals surface area contributed by atoms with Crippen molar-refractivity contribution < 1.29 is 4.74 Å². The Hall–Kier alpha value is -0.770. The number of halogens is 1. The molecule has 0 bridgehead atoms. The summed E-state index contributed by atoms with van der Waals surface area (Å²) in [7, 11) is 2.21. The Labute approximate surface area is 129 Å². The maximum Gasteiger partial charge on any atom is 0.119 e. The molecule has 0 aliphatic carbocycles. The van der Waals surface area contributed by atoms with Crippen LogP contribution < -0.4 is 10.1 Å². The fourth-order valence-electron chi connectivity index (χ4n) is 2.88. The minimum absolute atomic E-state index is 0. The van der Waals surface area contributed by atoms with Crippen molar-refractivity contribution in [3.63, 3.8) is 0 Å². The average Bonchev–Trinajstić information content (AvgIpc) is 2.78. The Morgan fingerprint density at radius 2 is 2.00 bits per heavy atom. The molecule has 1 saturated heterocycles. The molecular weight excluding hydrogens is 272 g/mol. The number of hydrogen-bond donors (Lipinski definition) is 1. The quantitative estimate of drug-likeness (QED) is 0.874. The largest absolute Gasteiger partial charge is 0.494 e. The van der Waals surface area contributed by atoms with E-state index in [1.54, 1.807) is 0 Å². The van der Waals surface area contributed by atoms with Gasteiger partial charge in [-0.1, -0.05) is 19.1 Å². The molecule has 1 aromatic carbocycles. The summed E-state index contributed by atoms with van der Waals surface area (Å²) in [5, 5.41) is 3.46. The number of rotatable bonds is 6. The summed E-state index contributed by atoms with van der Waals surface area (Å²) >= 11 is 0. The van der Waals surface area contributed by atoms with Gasteiger partial charge in [0.15, 0.2) is 0 Å². The van der Waals surface area contributed by atoms with E-state index >= 15 is 0 Å². The second-order valence-corrected chi connectivity index (χ2v) is 5.99. The van der Waals surface area contributed by atoms with E-state index in [1.807, 2.05) is 6.92 Å². The van der Waals surface area contributed by atoms with Crippen molar-refractivity contribution in [1.29, 1.82) is 0 Å². The topological polar surface area (TPSA) is 24.5 Å². The Balaban J connectivity index is 0.00000200. The van der Waals surface area contributed by atoms with Gasteiger partial charge in [0.2, 0.25) is 0 Å². The Morgan fingerprint density at radius 1 is 1.30 bits per heavy atom. The predicted molar refractivity (Wildman–Crippen MR) is 86.8 cm³/mol. The highest BCUT2D eigenvalue weighted by Gasteiger charge is 2.29. The smallest absolute Gasteiger partial charge is 0.119 e. The molecule has 0 aromatic heterocycles. The number of nitrogens with zero attached hydrogens (tertiary/aromatic N) is 1. The van der Waals surface area contributed by atoms with Crippen LogP contribution in [0.25, 0.3) is 0 Å². The highest BCUT2D eigenvalue weighted by molar-refractivity contribution is 5.85. The maximum absolute atomic E-state index is 5.47. The van der Waals surface area contributed by atoms with Crippen LogP contribution in [0.2, 0.25) is 0 Å². The third-order valence-corrected chi connectivity index (χ3v) is 3.80. The van der Waals surface area contributed by atoms with E-state index in [9.17, 15) is 0 Å². The lowest BCUT2D eigenvalue weighted by Crippen LogP contribution is -2.34. The molecule has 4 heteroatoms. The molecule has 1 heterocycles. The highest BCUT2D eigenvalue weighted by atomic mass is 35.5. The molecule has 3 nitrogen and oxygen atoms in total. The van der Waals surface area contributed by atoms with Gasteiger partial charge in [0, 0.05) is 19.6 Å². The van der Waals surface area contributed by atoms with Crippen LogP contribution in [0.5, 0.6) is 5.75 Å². The SMILES string of the molecule is CCOc1ccc(CN(C)CC2(C)CCNC2)cc1.Cl. The summed E-state index contributed by atoms with van der Waals surface area (Å²) in [5.41, 5.74) is 1.78. The predicted octanol–water partition coefficient (Wildman–Crippen LogP) is 2.94. The molecule has 1 fully saturated rings. The lowest BCUT2D eigenvalue weighted by molar-refractivity contribution is 0.203. The minimum Gasteiger partial charge on any atom is -0.494 e. The zero-order valence-corrected chi connectivity index (χ0v) is 13.6. The third-order valence-electron chi connectivity index (χ3n) is 3.80. The van der Waals surface area contributed by atoms with Gasteiger partial charge in [-0.05, 0) is 50.0 Å². The summed E-state index contributed by atoms with van der Waals surface area (Å²) in [4.78, 5) is 2.42. The van der Waals surface area contributed by atoms with Crippen molar-refractivity contribution in [2.24, 2.45) is 5.41 Å². The van der Waals surface area contributed by atoms with E-state index in [0.29, 0.717) is 5.41 Å². The first kappa shape index (κ1) is 17.3. The van der Waals surface area contributed by atoms with Crippen LogP contribution in [0.15, 0.2) is 24.3 Å². The molecule has 1 aliphatic rings. The molecule has 0 radical (unpaired) electrons. The average molecular weight is 299 g/mol. The zero-order valence-electron chi connectivity index (χ0n) is 12.8. The zero-order chi connectivity index (χ0) is 13.7. The fraction of sp³-hybridized carbons (Fsp3) is 0.625. The Bertz CT molecular complexity index is 388. The highest BCUT2D eigenvalue weighted by Crippen LogP contribution is 2.25. The summed E-state index contributed by atoms with van der Waals surface area (Å²) < 4.78 is 5.47. The summed E-state index contributed by atoms with van der Waals surface area (Å²) in [6.45, 7) is 9.56. The van der Waals surface area contributed by atoms with E-state index in [2.05, 4.69) is 48.5 Å². The first-order chi connectivity index (χ1) is 9.11. The van der Waals surface area contributed by atoms with Crippen molar-refractivity contribution in [3.8, 4) is 5.75 Å². The van der Waals surface area contributed by atoms with E-state index in [1.165, 1.54) is 12.0 Å². The third kappa shape index (κ3) is 4.97. The molecule has 0 amide bonds. The molecule has 1 aromatic rings. The van der Waals surface area contributed by atoms with Gasteiger partial charge >= 0.3 is 0 Å². The van der Waals surface area contributed by atoms with E-state index in [0.717, 1.165) is 38.5 Å². The van der Waals surface area contributed by atoms with Gasteiger partial charge in [-0.2, -0.15) is 0 Å². The van der Waals surface area contributed by atoms with Crippen molar-refractivity contribution in [3.05, 3.63) is 29.8 Å². The van der Waals surface area contributed by atoms with Gasteiger partial charge in [-0.3, -0.25) is 0 Å². The summed E-state index contributed by atoms with van der Waals surface area (Å²) in [6, 6.07) is 8.45. The first-order valence-electron chi connectivity index (χ1n) is 7.22. The molecule has 2 rings (SSSR count). The molecule has 1 atom stereocenters. The molecule has 1 aliphatic heterocycles. The van der Waals surface area contributed by atoms with Crippen molar-refractivity contribution in [2.75, 3.05) is 33.3 Å². The fourth-order valence-corrected chi connectivity index (χ4v) is 2.88. The summed E-state index contributed by atoms with van der Waals surface area (Å²) in [6.07, 6.45) is 1.28. The molecular formula is C16H27ClN2O. The Kier molecular flexibility index (Phi) is 6.80. The summed E-state index contributed by atoms with van der Waals surface area (Å²) in [5.74, 6) is 0.959. The van der Waals surface area contributed by atoms with Crippen molar-refractivity contribution in [2.45, 2.75) is 26.8 Å². The van der Waals surface area contributed by atoms with Crippen LogP contribution in [0.4, 0.5) is 0 Å². The molecule has 0 spiro atoms. The number of nitrogens with one attached hydrogen (secondary N) is 1. The molecule has 114 valence electrons. The Morgan fingerprint density at radius 3 is 2.55 bits per heavy atom. The van der Waals surface area contributed by atoms with Crippen molar-refractivity contribution in [1.82, 2.24) is 10.2 Å². The van der Waals surface area contributed by atoms with E-state index < -0.39 is 0 Å². The molecule has 1 N–H and O–H groups in total. The van der Waals surface area contributed by atoms with Gasteiger partial charge in [-0.25, -0.2) is 0 Å². The van der Waals surface area contributed by atoms with Crippen LogP contribution in [-0.4, -0.2) is 38.2 Å². The molecule has 20 heavy (non-hydrogen) atoms. The number of hydrogen-bond acceptors (Lipinski definition) is 3. The second-order valence-electron chi connectivity index (χ2n) is 5.99. The maximum atomic E-state index is 5.47. The van der Waals surface area contributed by atoms with Gasteiger partial charge in [0.05, 0.1) is 6.61 Å². The lowest BCUT2D eigenvalue weighted by atomic mass is 9.89. The van der Waals surface area contributed by atoms with Crippen LogP contribution in [0.1, 0.15) is 25.8 Å². The van der Waals surface area contributed by atoms with Crippen LogP contribution >= 0.6 is 12.4 Å². The number of ether oxygens (including phenoxy) is 1. The normalized spacial score (nSPS) is 21.8.